The molecule has 8 heteroatoms. The minimum atomic E-state index is -4.40. The number of rotatable bonds is 6. The molecule has 0 N–H and O–H groups in total. The van der Waals surface area contributed by atoms with Crippen LogP contribution in [-0.2, 0) is 4.74 Å². The van der Waals surface area contributed by atoms with Crippen molar-refractivity contribution >= 4 is 28.6 Å². The number of halogens is 3. The van der Waals surface area contributed by atoms with Crippen LogP contribution < -0.4 is 0 Å². The lowest BCUT2D eigenvalue weighted by molar-refractivity contribution is -0.0882. The molecular formula is C22H23F3N2OS2. The molecule has 2 aliphatic heterocycles. The fraction of sp³-hybridized carbons (Fsp3) is 0.409. The maximum absolute atomic E-state index is 13.7. The molecule has 0 unspecified atom stereocenters. The molecule has 2 heterocycles. The van der Waals surface area contributed by atoms with Crippen LogP contribution in [-0.4, -0.2) is 56.5 Å². The molecule has 0 amide bonds. The Labute approximate surface area is 183 Å². The Hall–Kier alpha value is -1.48. The molecule has 2 aliphatic carbocycles. The van der Waals surface area contributed by atoms with Crippen LogP contribution in [0.2, 0.25) is 0 Å². The molecule has 0 saturated carbocycles. The van der Waals surface area contributed by atoms with Crippen LogP contribution in [0.15, 0.2) is 72.4 Å². The molecule has 0 atom stereocenters. The van der Waals surface area contributed by atoms with E-state index in [9.17, 15) is 13.2 Å². The average molecular weight is 453 g/mol. The monoisotopic (exact) mass is 452 g/mol. The van der Waals surface area contributed by atoms with Crippen molar-refractivity contribution in [3.8, 4) is 0 Å². The van der Waals surface area contributed by atoms with Gasteiger partial charge in [0.25, 0.3) is 0 Å². The molecule has 0 aromatic heterocycles. The molecule has 4 aliphatic rings. The summed E-state index contributed by atoms with van der Waals surface area (Å²) in [4.78, 5) is 8.45. The van der Waals surface area contributed by atoms with E-state index in [1.54, 1.807) is 0 Å². The number of fused-ring (bicyclic) bond motifs is 3. The Bertz CT molecular complexity index is 950. The van der Waals surface area contributed by atoms with E-state index in [1.807, 2.05) is 31.7 Å². The van der Waals surface area contributed by atoms with Crippen molar-refractivity contribution in [2.24, 2.45) is 4.99 Å². The predicted molar refractivity (Wildman–Crippen MR) is 120 cm³/mol. The van der Waals surface area contributed by atoms with Crippen LogP contribution in [0.1, 0.15) is 12.8 Å². The van der Waals surface area contributed by atoms with Gasteiger partial charge in [0.2, 0.25) is 0 Å². The predicted octanol–water partition coefficient (Wildman–Crippen LogP) is 5.63. The van der Waals surface area contributed by atoms with Crippen molar-refractivity contribution in [2.45, 2.75) is 19.0 Å². The highest BCUT2D eigenvalue weighted by Gasteiger charge is 2.38. The van der Waals surface area contributed by atoms with Gasteiger partial charge >= 0.3 is 6.18 Å². The van der Waals surface area contributed by atoms with E-state index in [0.29, 0.717) is 30.8 Å². The summed E-state index contributed by atoms with van der Waals surface area (Å²) in [5, 5.41) is 2.75. The van der Waals surface area contributed by atoms with E-state index in [4.69, 9.17) is 4.74 Å². The maximum atomic E-state index is 13.7. The zero-order valence-electron chi connectivity index (χ0n) is 16.9. The number of ether oxygens (including phenoxy) is 1. The molecule has 30 heavy (non-hydrogen) atoms. The molecular weight excluding hydrogens is 429 g/mol. The molecule has 0 aromatic rings. The Kier molecular flexibility index (Phi) is 6.48. The first-order chi connectivity index (χ1) is 14.3. The Morgan fingerprint density at radius 2 is 2.00 bits per heavy atom. The van der Waals surface area contributed by atoms with Gasteiger partial charge in [-0.05, 0) is 66.9 Å². The van der Waals surface area contributed by atoms with E-state index in [-0.39, 0.29) is 6.54 Å². The Morgan fingerprint density at radius 3 is 2.77 bits per heavy atom. The normalized spacial score (nSPS) is 21.0. The smallest absolute Gasteiger partial charge is 0.375 e. The number of aliphatic imine (C=N–C) groups is 1. The Balaban J connectivity index is 1.60. The molecule has 160 valence electrons. The summed E-state index contributed by atoms with van der Waals surface area (Å²) in [5.41, 5.74) is 2.79. The fourth-order valence-corrected chi connectivity index (χ4v) is 5.62. The highest BCUT2D eigenvalue weighted by Crippen LogP contribution is 2.52. The van der Waals surface area contributed by atoms with Gasteiger partial charge in [-0.1, -0.05) is 35.7 Å². The highest BCUT2D eigenvalue weighted by molar-refractivity contribution is 8.17. The molecule has 3 nitrogen and oxygen atoms in total. The molecule has 4 rings (SSSR count). The van der Waals surface area contributed by atoms with E-state index >= 15 is 0 Å². The molecule has 0 bridgehead atoms. The minimum Gasteiger partial charge on any atom is -0.375 e. The van der Waals surface area contributed by atoms with Gasteiger partial charge in [0.05, 0.1) is 23.8 Å². The van der Waals surface area contributed by atoms with E-state index in [1.165, 1.54) is 35.7 Å². The van der Waals surface area contributed by atoms with Crippen molar-refractivity contribution in [2.75, 3.05) is 40.4 Å². The largest absolute Gasteiger partial charge is 0.416 e. The summed E-state index contributed by atoms with van der Waals surface area (Å²) in [6.07, 6.45) is 3.72. The van der Waals surface area contributed by atoms with Gasteiger partial charge in [0, 0.05) is 22.8 Å². The van der Waals surface area contributed by atoms with E-state index in [2.05, 4.69) is 9.89 Å². The summed E-state index contributed by atoms with van der Waals surface area (Å²) in [6, 6.07) is 0. The number of nitrogens with zero attached hydrogens (tertiary/aromatic N) is 2. The average Bonchev–Trinajstić information content (AvgIpc) is 2.97. The SMILES string of the molecule is CN(C)CCCOCC1=NCC2=CC(C(F)(F)F)=CC3=C4SC=CC=C4CC3=C2S1. The summed E-state index contributed by atoms with van der Waals surface area (Å²) in [7, 11) is 4.04. The van der Waals surface area contributed by atoms with Gasteiger partial charge in [-0.25, -0.2) is 0 Å². The van der Waals surface area contributed by atoms with E-state index in [0.717, 1.165) is 39.0 Å². The molecule has 0 radical (unpaired) electrons. The van der Waals surface area contributed by atoms with Crippen molar-refractivity contribution in [3.63, 3.8) is 0 Å². The number of hydrogen-bond donors (Lipinski definition) is 0. The van der Waals surface area contributed by atoms with Gasteiger partial charge in [-0.3, -0.25) is 4.99 Å². The zero-order chi connectivity index (χ0) is 21.3. The van der Waals surface area contributed by atoms with Crippen molar-refractivity contribution in [1.82, 2.24) is 4.90 Å². The second-order valence-corrected chi connectivity index (χ2v) is 9.65. The first-order valence-electron chi connectivity index (χ1n) is 9.77. The quantitative estimate of drug-likeness (QED) is 0.488. The second-order valence-electron chi connectivity index (χ2n) is 7.65. The lowest BCUT2D eigenvalue weighted by Gasteiger charge is -2.20. The topological polar surface area (TPSA) is 24.8 Å². The molecule has 0 aromatic carbocycles. The van der Waals surface area contributed by atoms with Crippen molar-refractivity contribution < 1.29 is 17.9 Å². The zero-order valence-corrected chi connectivity index (χ0v) is 18.5. The fourth-order valence-electron chi connectivity index (χ4n) is 3.66. The van der Waals surface area contributed by atoms with Crippen LogP contribution in [0.25, 0.3) is 0 Å². The lowest BCUT2D eigenvalue weighted by atomic mass is 10.1. The third kappa shape index (κ3) is 4.72. The van der Waals surface area contributed by atoms with Crippen LogP contribution in [0.3, 0.4) is 0 Å². The highest BCUT2D eigenvalue weighted by atomic mass is 32.2. The Morgan fingerprint density at radius 1 is 1.17 bits per heavy atom. The van der Waals surface area contributed by atoms with Gasteiger partial charge in [-0.2, -0.15) is 13.2 Å². The molecule has 0 saturated heterocycles. The van der Waals surface area contributed by atoms with Gasteiger partial charge in [0.1, 0.15) is 0 Å². The maximum Gasteiger partial charge on any atom is 0.416 e. The summed E-state index contributed by atoms with van der Waals surface area (Å²) >= 11 is 2.96. The van der Waals surface area contributed by atoms with Crippen molar-refractivity contribution in [3.05, 3.63) is 67.4 Å². The molecule has 0 spiro atoms. The van der Waals surface area contributed by atoms with Crippen LogP contribution >= 0.6 is 23.5 Å². The summed E-state index contributed by atoms with van der Waals surface area (Å²) in [5.74, 6) is 0. The first-order valence-corrected chi connectivity index (χ1v) is 11.5. The van der Waals surface area contributed by atoms with Crippen LogP contribution in [0.4, 0.5) is 13.2 Å². The number of thioether (sulfide) groups is 2. The van der Waals surface area contributed by atoms with Gasteiger partial charge in [-0.15, -0.1) is 0 Å². The summed E-state index contributed by atoms with van der Waals surface area (Å²) in [6.45, 7) is 2.23. The number of allylic oxidation sites excluding steroid dienone is 8. The third-order valence-corrected chi connectivity index (χ3v) is 7.28. The van der Waals surface area contributed by atoms with Crippen LogP contribution in [0.5, 0.6) is 0 Å². The minimum absolute atomic E-state index is 0.253. The van der Waals surface area contributed by atoms with Crippen LogP contribution in [0, 0.1) is 0 Å². The van der Waals surface area contributed by atoms with Crippen molar-refractivity contribution in [1.29, 1.82) is 0 Å². The first kappa shape index (κ1) is 21.7. The van der Waals surface area contributed by atoms with Gasteiger partial charge in [0.15, 0.2) is 0 Å². The number of alkyl halides is 3. The standard InChI is InChI=1S/C22H23F3N2OS2/c1-27(2)6-4-7-28-13-19-26-12-15-9-16(22(23,24)25)11-18-17(21(15)30-19)10-14-5-3-8-29-20(14)18/h3,5,8-9,11H,4,6-7,10,12-13H2,1-2H3. The van der Waals surface area contributed by atoms with Gasteiger partial charge < -0.3 is 9.64 Å². The third-order valence-electron chi connectivity index (χ3n) is 5.08. The molecule has 0 fully saturated rings. The second kappa shape index (κ2) is 8.94. The lowest BCUT2D eigenvalue weighted by Crippen LogP contribution is -2.17. The summed E-state index contributed by atoms with van der Waals surface area (Å²) < 4.78 is 46.8. The number of hydrogen-bond acceptors (Lipinski definition) is 5. The van der Waals surface area contributed by atoms with E-state index < -0.39 is 11.7 Å².